The third-order valence-electron chi connectivity index (χ3n) is 3.42. The number of methoxy groups -OCH3 is 1. The zero-order chi connectivity index (χ0) is 12.4. The monoisotopic (exact) mass is 238 g/mol. The molecule has 1 aliphatic carbocycles. The summed E-state index contributed by atoms with van der Waals surface area (Å²) in [6.45, 7) is 1.75. The Hall–Kier alpha value is -0.970. The molecule has 2 unspecified atom stereocenters. The Kier molecular flexibility index (Phi) is 3.76. The molecule has 1 aliphatic rings. The zero-order valence-electron chi connectivity index (χ0n) is 10.2. The van der Waals surface area contributed by atoms with Crippen molar-refractivity contribution in [1.29, 1.82) is 0 Å². The number of nitrogens with two attached hydrogens (primary N) is 1. The van der Waals surface area contributed by atoms with E-state index in [4.69, 9.17) is 10.6 Å². The van der Waals surface area contributed by atoms with Gasteiger partial charge in [0, 0.05) is 7.11 Å². The third kappa shape index (κ3) is 2.65. The van der Waals surface area contributed by atoms with Crippen molar-refractivity contribution in [3.8, 4) is 0 Å². The third-order valence-corrected chi connectivity index (χ3v) is 3.42. The Balaban J connectivity index is 2.23. The van der Waals surface area contributed by atoms with Crippen LogP contribution in [0.4, 0.5) is 4.39 Å². The average molecular weight is 238 g/mol. The fourth-order valence-electron chi connectivity index (χ4n) is 2.21. The molecule has 17 heavy (non-hydrogen) atoms. The van der Waals surface area contributed by atoms with Gasteiger partial charge in [0.2, 0.25) is 0 Å². The van der Waals surface area contributed by atoms with Crippen LogP contribution in [0.3, 0.4) is 0 Å². The maximum Gasteiger partial charge on any atom is 0.126 e. The van der Waals surface area contributed by atoms with Gasteiger partial charge in [-0.2, -0.15) is 0 Å². The molecule has 1 fully saturated rings. The van der Waals surface area contributed by atoms with Crippen molar-refractivity contribution < 1.29 is 9.13 Å². The van der Waals surface area contributed by atoms with Gasteiger partial charge in [0.1, 0.15) is 5.82 Å². The second kappa shape index (κ2) is 5.12. The quantitative estimate of drug-likeness (QED) is 0.610. The molecule has 1 aromatic carbocycles. The smallest absolute Gasteiger partial charge is 0.126 e. The van der Waals surface area contributed by atoms with Crippen LogP contribution in [0.15, 0.2) is 18.2 Å². The molecule has 0 aromatic heterocycles. The van der Waals surface area contributed by atoms with E-state index in [0.717, 1.165) is 18.4 Å². The molecule has 0 spiro atoms. The lowest BCUT2D eigenvalue weighted by Crippen LogP contribution is -2.38. The molecule has 1 aromatic rings. The highest BCUT2D eigenvalue weighted by atomic mass is 19.1. The number of aryl methyl sites for hydroxylation is 1. The summed E-state index contributed by atoms with van der Waals surface area (Å²) in [6.07, 6.45) is 2.33. The SMILES string of the molecule is COC(C1CC1)C(NN)c1ccc(C)c(F)c1. The fraction of sp³-hybridized carbons (Fsp3) is 0.538. The van der Waals surface area contributed by atoms with Gasteiger partial charge in [-0.15, -0.1) is 0 Å². The van der Waals surface area contributed by atoms with E-state index in [2.05, 4.69) is 5.43 Å². The van der Waals surface area contributed by atoms with Crippen molar-refractivity contribution in [2.24, 2.45) is 11.8 Å². The first-order valence-corrected chi connectivity index (χ1v) is 5.92. The summed E-state index contributed by atoms with van der Waals surface area (Å²) in [4.78, 5) is 0. The molecule has 0 radical (unpaired) electrons. The normalized spacial score (nSPS) is 19.1. The van der Waals surface area contributed by atoms with E-state index in [-0.39, 0.29) is 18.0 Å². The highest BCUT2D eigenvalue weighted by molar-refractivity contribution is 5.27. The molecule has 3 nitrogen and oxygen atoms in total. The summed E-state index contributed by atoms with van der Waals surface area (Å²) < 4.78 is 19.0. The van der Waals surface area contributed by atoms with Crippen molar-refractivity contribution >= 4 is 0 Å². The lowest BCUT2D eigenvalue weighted by atomic mass is 9.97. The summed E-state index contributed by atoms with van der Waals surface area (Å²) >= 11 is 0. The molecule has 0 aliphatic heterocycles. The number of benzene rings is 1. The van der Waals surface area contributed by atoms with Crippen molar-refractivity contribution in [1.82, 2.24) is 5.43 Å². The molecular weight excluding hydrogens is 219 g/mol. The summed E-state index contributed by atoms with van der Waals surface area (Å²) in [5.41, 5.74) is 4.23. The van der Waals surface area contributed by atoms with Crippen LogP contribution in [-0.2, 0) is 4.74 Å². The Labute approximate surface area is 101 Å². The zero-order valence-corrected chi connectivity index (χ0v) is 10.2. The minimum atomic E-state index is -0.201. The molecule has 1 saturated carbocycles. The van der Waals surface area contributed by atoms with Crippen molar-refractivity contribution in [3.05, 3.63) is 35.1 Å². The van der Waals surface area contributed by atoms with Crippen LogP contribution in [0, 0.1) is 18.7 Å². The van der Waals surface area contributed by atoms with Gasteiger partial charge in [0.15, 0.2) is 0 Å². The predicted octanol–water partition coefficient (Wildman–Crippen LogP) is 2.06. The van der Waals surface area contributed by atoms with Crippen molar-refractivity contribution in [3.63, 3.8) is 0 Å². The van der Waals surface area contributed by atoms with Crippen molar-refractivity contribution in [2.45, 2.75) is 31.9 Å². The highest BCUT2D eigenvalue weighted by Gasteiger charge is 2.37. The highest BCUT2D eigenvalue weighted by Crippen LogP contribution is 2.39. The first-order valence-electron chi connectivity index (χ1n) is 5.92. The van der Waals surface area contributed by atoms with Crippen LogP contribution < -0.4 is 11.3 Å². The number of ether oxygens (including phenoxy) is 1. The van der Waals surface area contributed by atoms with E-state index in [1.165, 1.54) is 6.07 Å². The Morgan fingerprint density at radius 2 is 2.18 bits per heavy atom. The van der Waals surface area contributed by atoms with E-state index in [9.17, 15) is 4.39 Å². The van der Waals surface area contributed by atoms with Crippen LogP contribution in [0.5, 0.6) is 0 Å². The topological polar surface area (TPSA) is 47.3 Å². The number of nitrogens with one attached hydrogen (secondary N) is 1. The Morgan fingerprint density at radius 3 is 2.65 bits per heavy atom. The molecule has 2 atom stereocenters. The lowest BCUT2D eigenvalue weighted by Gasteiger charge is -2.26. The summed E-state index contributed by atoms with van der Waals surface area (Å²) in [5.74, 6) is 5.91. The van der Waals surface area contributed by atoms with Crippen LogP contribution >= 0.6 is 0 Å². The second-order valence-corrected chi connectivity index (χ2v) is 4.69. The lowest BCUT2D eigenvalue weighted by molar-refractivity contribution is 0.0506. The van der Waals surface area contributed by atoms with Gasteiger partial charge in [0.25, 0.3) is 0 Å². The summed E-state index contributed by atoms with van der Waals surface area (Å²) in [6, 6.07) is 5.06. The molecule has 2 rings (SSSR count). The minimum absolute atomic E-state index is 0.0158. The first-order chi connectivity index (χ1) is 8.17. The molecule has 3 N–H and O–H groups in total. The van der Waals surface area contributed by atoms with Gasteiger partial charge in [-0.25, -0.2) is 4.39 Å². The average Bonchev–Trinajstić information content (AvgIpc) is 3.14. The second-order valence-electron chi connectivity index (χ2n) is 4.69. The maximum atomic E-state index is 13.6. The summed E-state index contributed by atoms with van der Waals surface area (Å²) in [5, 5.41) is 0. The van der Waals surface area contributed by atoms with Crippen LogP contribution in [0.1, 0.15) is 30.0 Å². The van der Waals surface area contributed by atoms with E-state index >= 15 is 0 Å². The van der Waals surface area contributed by atoms with Crippen LogP contribution in [-0.4, -0.2) is 13.2 Å². The van der Waals surface area contributed by atoms with E-state index < -0.39 is 0 Å². The van der Waals surface area contributed by atoms with E-state index in [0.29, 0.717) is 11.5 Å². The van der Waals surface area contributed by atoms with Gasteiger partial charge < -0.3 is 4.74 Å². The first kappa shape index (κ1) is 12.5. The van der Waals surface area contributed by atoms with Gasteiger partial charge in [-0.3, -0.25) is 11.3 Å². The Morgan fingerprint density at radius 1 is 1.47 bits per heavy atom. The minimum Gasteiger partial charge on any atom is -0.379 e. The van der Waals surface area contributed by atoms with Gasteiger partial charge in [-0.05, 0) is 42.9 Å². The molecule has 4 heteroatoms. The number of hydrazine groups is 1. The van der Waals surface area contributed by atoms with Gasteiger partial charge in [0.05, 0.1) is 12.1 Å². The van der Waals surface area contributed by atoms with E-state index in [1.807, 2.05) is 6.07 Å². The van der Waals surface area contributed by atoms with Crippen LogP contribution in [0.25, 0.3) is 0 Å². The Bertz CT molecular complexity index is 393. The number of rotatable bonds is 5. The summed E-state index contributed by atoms with van der Waals surface area (Å²) in [7, 11) is 1.68. The van der Waals surface area contributed by atoms with Crippen molar-refractivity contribution in [2.75, 3.05) is 7.11 Å². The number of hydrogen-bond acceptors (Lipinski definition) is 3. The molecule has 0 heterocycles. The van der Waals surface area contributed by atoms with E-state index in [1.54, 1.807) is 20.1 Å². The molecule has 0 bridgehead atoms. The maximum absolute atomic E-state index is 13.6. The fourth-order valence-corrected chi connectivity index (χ4v) is 2.21. The predicted molar refractivity (Wildman–Crippen MR) is 64.7 cm³/mol. The van der Waals surface area contributed by atoms with Gasteiger partial charge in [-0.1, -0.05) is 12.1 Å². The molecular formula is C13H19FN2O. The van der Waals surface area contributed by atoms with Gasteiger partial charge >= 0.3 is 0 Å². The molecule has 0 saturated heterocycles. The van der Waals surface area contributed by atoms with Crippen LogP contribution in [0.2, 0.25) is 0 Å². The standard InChI is InChI=1S/C13H19FN2O/c1-8-3-4-10(7-11(8)14)12(16-15)13(17-2)9-5-6-9/h3-4,7,9,12-13,16H,5-6,15H2,1-2H3. The number of halogens is 1. The number of hydrogen-bond donors (Lipinski definition) is 2. The largest absolute Gasteiger partial charge is 0.379 e. The molecule has 94 valence electrons. The molecule has 0 amide bonds.